The summed E-state index contributed by atoms with van der Waals surface area (Å²) in [7, 11) is 0. The van der Waals surface area contributed by atoms with Crippen LogP contribution in [0, 0.1) is 0 Å². The molecule has 1 aromatic carbocycles. The molecule has 3 saturated heterocycles. The lowest BCUT2D eigenvalue weighted by atomic mass is 9.99. The van der Waals surface area contributed by atoms with E-state index < -0.39 is 5.54 Å². The van der Waals surface area contributed by atoms with E-state index >= 15 is 0 Å². The number of piperidine rings is 1. The lowest BCUT2D eigenvalue weighted by Crippen LogP contribution is -2.50. The molecule has 0 saturated carbocycles. The third-order valence-corrected chi connectivity index (χ3v) is 6.76. The minimum atomic E-state index is -0.677. The molecule has 0 radical (unpaired) electrons. The number of hydrogen-bond acceptors (Lipinski definition) is 5. The quantitative estimate of drug-likeness (QED) is 0.759. The summed E-state index contributed by atoms with van der Waals surface area (Å²) in [6.07, 6.45) is 2.33. The van der Waals surface area contributed by atoms with E-state index in [4.69, 9.17) is 0 Å². The summed E-state index contributed by atoms with van der Waals surface area (Å²) in [5.74, 6) is 1.44. The maximum Gasteiger partial charge on any atom is 0.326 e. The van der Waals surface area contributed by atoms with Gasteiger partial charge < -0.3 is 10.6 Å². The Hall–Kier alpha value is -2.06. The minimum Gasteiger partial charge on any atom is -0.349 e. The molecule has 1 spiro atoms. The van der Waals surface area contributed by atoms with Crippen molar-refractivity contribution in [3.63, 3.8) is 0 Å². The molecule has 144 valence electrons. The van der Waals surface area contributed by atoms with Gasteiger partial charge in [-0.05, 0) is 37.1 Å². The van der Waals surface area contributed by atoms with Crippen molar-refractivity contribution in [3.8, 4) is 0 Å². The van der Waals surface area contributed by atoms with Crippen molar-refractivity contribution in [1.82, 2.24) is 20.4 Å². The molecule has 4 rings (SSSR count). The number of carbonyl (C=O) groups excluding carboxylic acids is 3. The van der Waals surface area contributed by atoms with Crippen molar-refractivity contribution in [1.29, 1.82) is 0 Å². The highest BCUT2D eigenvalue weighted by atomic mass is 32.2. The lowest BCUT2D eigenvalue weighted by Gasteiger charge is -2.34. The number of thioether (sulfide) groups is 1. The van der Waals surface area contributed by atoms with Crippen LogP contribution < -0.4 is 10.6 Å². The monoisotopic (exact) mass is 388 g/mol. The van der Waals surface area contributed by atoms with Crippen molar-refractivity contribution in [2.45, 2.75) is 30.8 Å². The third kappa shape index (κ3) is 3.68. The van der Waals surface area contributed by atoms with Gasteiger partial charge in [-0.1, -0.05) is 18.2 Å². The Kier molecular flexibility index (Phi) is 5.10. The molecule has 3 heterocycles. The van der Waals surface area contributed by atoms with Gasteiger partial charge >= 0.3 is 6.03 Å². The zero-order valence-corrected chi connectivity index (χ0v) is 16.0. The van der Waals surface area contributed by atoms with Crippen LogP contribution in [0.2, 0.25) is 0 Å². The molecular formula is C19H24N4O3S. The molecule has 0 unspecified atom stereocenters. The summed E-state index contributed by atoms with van der Waals surface area (Å²) < 4.78 is 0. The van der Waals surface area contributed by atoms with Crippen molar-refractivity contribution >= 4 is 29.6 Å². The molecular weight excluding hydrogens is 364 g/mol. The Morgan fingerprint density at radius 3 is 2.63 bits per heavy atom. The van der Waals surface area contributed by atoms with Gasteiger partial charge in [0.2, 0.25) is 0 Å². The number of amides is 4. The highest BCUT2D eigenvalue weighted by Gasteiger charge is 2.53. The van der Waals surface area contributed by atoms with Crippen molar-refractivity contribution in [2.75, 3.05) is 31.3 Å². The number of rotatable bonds is 4. The molecule has 8 heteroatoms. The largest absolute Gasteiger partial charge is 0.349 e. The topological polar surface area (TPSA) is 81.8 Å². The predicted molar refractivity (Wildman–Crippen MR) is 103 cm³/mol. The number of carbonyl (C=O) groups is 3. The van der Waals surface area contributed by atoms with Gasteiger partial charge in [-0.2, -0.15) is 11.8 Å². The predicted octanol–water partition coefficient (Wildman–Crippen LogP) is 1.27. The van der Waals surface area contributed by atoms with Gasteiger partial charge in [0.05, 0.1) is 6.67 Å². The zero-order chi connectivity index (χ0) is 18.9. The Morgan fingerprint density at radius 2 is 1.96 bits per heavy atom. The van der Waals surface area contributed by atoms with Crippen molar-refractivity contribution in [2.24, 2.45) is 0 Å². The fraction of sp³-hybridized carbons (Fsp3) is 0.526. The van der Waals surface area contributed by atoms with Crippen LogP contribution in [0.3, 0.4) is 0 Å². The zero-order valence-electron chi connectivity index (χ0n) is 15.1. The van der Waals surface area contributed by atoms with Crippen LogP contribution in [-0.2, 0) is 4.79 Å². The molecule has 3 aliphatic rings. The first-order valence-corrected chi connectivity index (χ1v) is 10.5. The Bertz CT molecular complexity index is 728. The van der Waals surface area contributed by atoms with Gasteiger partial charge in [0.25, 0.3) is 11.8 Å². The average molecular weight is 388 g/mol. The number of imide groups is 1. The van der Waals surface area contributed by atoms with Crippen LogP contribution in [0.1, 0.15) is 29.6 Å². The van der Waals surface area contributed by atoms with Crippen LogP contribution in [0.25, 0.3) is 0 Å². The minimum absolute atomic E-state index is 0.0520. The van der Waals surface area contributed by atoms with Crippen molar-refractivity contribution in [3.05, 3.63) is 35.9 Å². The maximum atomic E-state index is 12.7. The number of likely N-dealkylation sites (tertiary alicyclic amines) is 1. The van der Waals surface area contributed by atoms with E-state index in [1.165, 1.54) is 4.90 Å². The van der Waals surface area contributed by atoms with Gasteiger partial charge in [0.15, 0.2) is 0 Å². The van der Waals surface area contributed by atoms with E-state index in [0.717, 1.165) is 31.7 Å². The van der Waals surface area contributed by atoms with E-state index in [2.05, 4.69) is 15.5 Å². The number of hydrogen-bond donors (Lipinski definition) is 2. The second kappa shape index (κ2) is 7.52. The molecule has 0 aromatic heterocycles. The smallest absolute Gasteiger partial charge is 0.326 e. The summed E-state index contributed by atoms with van der Waals surface area (Å²) in [5.41, 5.74) is -0.0111. The molecule has 1 aromatic rings. The molecule has 0 aliphatic carbocycles. The van der Waals surface area contributed by atoms with E-state index in [-0.39, 0.29) is 23.9 Å². The van der Waals surface area contributed by atoms with Crippen LogP contribution in [0.15, 0.2) is 30.3 Å². The second-order valence-corrected chi connectivity index (χ2v) is 8.53. The number of nitrogens with one attached hydrogen (secondary N) is 2. The average Bonchev–Trinajstić information content (AvgIpc) is 3.25. The maximum absolute atomic E-state index is 12.7. The number of benzene rings is 1. The normalized spacial score (nSPS) is 26.6. The molecule has 0 bridgehead atoms. The van der Waals surface area contributed by atoms with Crippen LogP contribution >= 0.6 is 11.8 Å². The van der Waals surface area contributed by atoms with E-state index in [0.29, 0.717) is 24.4 Å². The summed E-state index contributed by atoms with van der Waals surface area (Å²) in [5, 5.41) is 5.98. The molecule has 2 N–H and O–H groups in total. The van der Waals surface area contributed by atoms with Crippen LogP contribution in [0.5, 0.6) is 0 Å². The Labute approximate surface area is 162 Å². The fourth-order valence-corrected chi connectivity index (χ4v) is 5.24. The highest BCUT2D eigenvalue weighted by Crippen LogP contribution is 2.33. The Balaban J connectivity index is 1.28. The van der Waals surface area contributed by atoms with Gasteiger partial charge in [-0.25, -0.2) is 9.69 Å². The summed E-state index contributed by atoms with van der Waals surface area (Å²) in [6.45, 7) is 1.83. The summed E-state index contributed by atoms with van der Waals surface area (Å²) in [6, 6.07) is 9.05. The van der Waals surface area contributed by atoms with E-state index in [1.54, 1.807) is 23.9 Å². The first-order valence-electron chi connectivity index (χ1n) is 9.37. The van der Waals surface area contributed by atoms with E-state index in [9.17, 15) is 14.4 Å². The van der Waals surface area contributed by atoms with Crippen LogP contribution in [0.4, 0.5) is 4.79 Å². The van der Waals surface area contributed by atoms with Gasteiger partial charge in [-0.3, -0.25) is 14.5 Å². The highest BCUT2D eigenvalue weighted by molar-refractivity contribution is 7.99. The van der Waals surface area contributed by atoms with Crippen LogP contribution in [-0.4, -0.2) is 70.5 Å². The Morgan fingerprint density at radius 1 is 1.22 bits per heavy atom. The SMILES string of the molecule is O=C(NC1CCN(CN2C(=O)N[C@@]3(CCSC3)C2=O)CC1)c1ccccc1. The number of nitrogens with zero attached hydrogens (tertiary/aromatic N) is 2. The molecule has 4 amide bonds. The standard InChI is InChI=1S/C19H24N4O3S/c24-16(14-4-2-1-3-5-14)20-15-6-9-22(10-7-15)13-23-17(25)19(21-18(23)26)8-11-27-12-19/h1-5,15H,6-13H2,(H,20,24)(H,21,26)/t19-/m1/s1. The second-order valence-electron chi connectivity index (χ2n) is 7.42. The molecule has 27 heavy (non-hydrogen) atoms. The number of urea groups is 1. The van der Waals surface area contributed by atoms with Crippen molar-refractivity contribution < 1.29 is 14.4 Å². The first-order chi connectivity index (χ1) is 13.1. The fourth-order valence-electron chi connectivity index (χ4n) is 3.91. The van der Waals surface area contributed by atoms with Gasteiger partial charge in [0.1, 0.15) is 5.54 Å². The van der Waals surface area contributed by atoms with Gasteiger partial charge in [0, 0.05) is 30.4 Å². The molecule has 1 atom stereocenters. The van der Waals surface area contributed by atoms with E-state index in [1.807, 2.05) is 18.2 Å². The summed E-state index contributed by atoms with van der Waals surface area (Å²) >= 11 is 1.71. The molecule has 7 nitrogen and oxygen atoms in total. The summed E-state index contributed by atoms with van der Waals surface area (Å²) in [4.78, 5) is 40.8. The molecule has 3 aliphatic heterocycles. The third-order valence-electron chi connectivity index (χ3n) is 5.57. The lowest BCUT2D eigenvalue weighted by molar-refractivity contribution is -0.132. The first kappa shape index (κ1) is 18.3. The molecule has 3 fully saturated rings. The van der Waals surface area contributed by atoms with Gasteiger partial charge in [-0.15, -0.1) is 0 Å².